The Morgan fingerprint density at radius 2 is 1.44 bits per heavy atom. The summed E-state index contributed by atoms with van der Waals surface area (Å²) in [7, 11) is 0. The minimum Gasteiger partial charge on any atom is -0.806 e. The number of carbonyl (C=O) groups excluding carboxylic acids is 1. The van der Waals surface area contributed by atoms with Gasteiger partial charge in [0.05, 0.1) is 0 Å². The molecular formula is C12H15N2OW-. The van der Waals surface area contributed by atoms with E-state index in [1.54, 1.807) is 6.92 Å². The van der Waals surface area contributed by atoms with E-state index in [0.29, 0.717) is 11.4 Å². The first-order valence-electron chi connectivity index (χ1n) is 4.87. The maximum absolute atomic E-state index is 11.4. The summed E-state index contributed by atoms with van der Waals surface area (Å²) in [4.78, 5) is 15.5. The van der Waals surface area contributed by atoms with E-state index in [4.69, 9.17) is 0 Å². The molecule has 0 radical (unpaired) electrons. The molecule has 0 saturated heterocycles. The first kappa shape index (κ1) is 15.2. The van der Waals surface area contributed by atoms with E-state index in [2.05, 4.69) is 4.98 Å². The Labute approximate surface area is 110 Å². The molecule has 16 heavy (non-hydrogen) atoms. The first-order chi connectivity index (χ1) is 6.86. The zero-order valence-corrected chi connectivity index (χ0v) is 13.1. The van der Waals surface area contributed by atoms with Crippen LogP contribution in [-0.4, -0.2) is 16.5 Å². The predicted molar refractivity (Wildman–Crippen MR) is 61.6 cm³/mol. The zero-order chi connectivity index (χ0) is 11.7. The minimum absolute atomic E-state index is 0. The summed E-state index contributed by atoms with van der Waals surface area (Å²) in [6.45, 7) is 8.77. The van der Waals surface area contributed by atoms with Crippen molar-refractivity contribution in [3.63, 3.8) is 0 Å². The van der Waals surface area contributed by atoms with Gasteiger partial charge in [0.25, 0.3) is 0 Å². The SMILES string of the molecule is CC(=[N-])c1nc(C(C)=O)c(C)c(C)c1C.[W]. The van der Waals surface area contributed by atoms with Gasteiger partial charge in [-0.25, -0.2) is 4.98 Å². The standard InChI is InChI=1S/C12H15N2O.W/c1-6-7(2)11(9(4)13)14-12(8(6)3)10(5)15;/h1-5H3;/q-1;. The minimum atomic E-state index is -0.0712. The van der Waals surface area contributed by atoms with Crippen LogP contribution in [-0.2, 0) is 21.1 Å². The van der Waals surface area contributed by atoms with E-state index in [1.165, 1.54) is 6.92 Å². The molecule has 0 aromatic carbocycles. The smallest absolute Gasteiger partial charge is 0.178 e. The molecule has 0 unspecified atom stereocenters. The molecule has 0 aliphatic rings. The van der Waals surface area contributed by atoms with Crippen molar-refractivity contribution in [2.24, 2.45) is 0 Å². The molecule has 1 aromatic rings. The van der Waals surface area contributed by atoms with Crippen molar-refractivity contribution in [2.45, 2.75) is 34.6 Å². The Hall–Kier alpha value is -0.822. The van der Waals surface area contributed by atoms with Crippen LogP contribution in [0.1, 0.15) is 46.7 Å². The second-order valence-electron chi connectivity index (χ2n) is 3.83. The molecule has 1 heterocycles. The summed E-state index contributed by atoms with van der Waals surface area (Å²) in [5.41, 5.74) is 3.95. The second-order valence-corrected chi connectivity index (χ2v) is 3.83. The zero-order valence-electron chi connectivity index (χ0n) is 10.2. The van der Waals surface area contributed by atoms with E-state index in [1.807, 2.05) is 20.8 Å². The van der Waals surface area contributed by atoms with Crippen LogP contribution in [0, 0.1) is 20.8 Å². The van der Waals surface area contributed by atoms with Crippen molar-refractivity contribution < 1.29 is 25.9 Å². The number of nitrogens with zero attached hydrogens (tertiary/aromatic N) is 2. The maximum atomic E-state index is 11.4. The number of hydrogen-bond donors (Lipinski definition) is 0. The molecule has 0 amide bonds. The molecule has 0 spiro atoms. The van der Waals surface area contributed by atoms with Gasteiger partial charge in [-0.15, -0.1) is 0 Å². The van der Waals surface area contributed by atoms with Gasteiger partial charge in [0, 0.05) is 33.7 Å². The van der Waals surface area contributed by atoms with Gasteiger partial charge in [0.1, 0.15) is 5.69 Å². The summed E-state index contributed by atoms with van der Waals surface area (Å²) >= 11 is 0. The van der Waals surface area contributed by atoms with E-state index in [-0.39, 0.29) is 32.6 Å². The van der Waals surface area contributed by atoms with Gasteiger partial charge >= 0.3 is 0 Å². The van der Waals surface area contributed by atoms with Gasteiger partial charge in [-0.3, -0.25) is 4.79 Å². The van der Waals surface area contributed by atoms with Crippen LogP contribution in [0.5, 0.6) is 0 Å². The van der Waals surface area contributed by atoms with Crippen molar-refractivity contribution in [3.8, 4) is 0 Å². The summed E-state index contributed by atoms with van der Waals surface area (Å²) in [5.74, 6) is -0.0712. The first-order valence-corrected chi connectivity index (χ1v) is 4.87. The van der Waals surface area contributed by atoms with Crippen molar-refractivity contribution in [1.29, 1.82) is 0 Å². The van der Waals surface area contributed by atoms with Crippen LogP contribution in [0.2, 0.25) is 0 Å². The summed E-state index contributed by atoms with van der Waals surface area (Å²) < 4.78 is 0. The van der Waals surface area contributed by atoms with E-state index < -0.39 is 0 Å². The summed E-state index contributed by atoms with van der Waals surface area (Å²) in [5, 5.41) is 9.47. The molecule has 0 fully saturated rings. The van der Waals surface area contributed by atoms with Crippen molar-refractivity contribution in [3.05, 3.63) is 33.5 Å². The fourth-order valence-electron chi connectivity index (χ4n) is 1.61. The van der Waals surface area contributed by atoms with Crippen molar-refractivity contribution >= 4 is 11.5 Å². The molecule has 4 heteroatoms. The van der Waals surface area contributed by atoms with Gasteiger partial charge in [-0.1, -0.05) is 6.92 Å². The molecule has 86 valence electrons. The number of rotatable bonds is 2. The average molecular weight is 387 g/mol. The van der Waals surface area contributed by atoms with Crippen molar-refractivity contribution in [2.75, 3.05) is 0 Å². The van der Waals surface area contributed by atoms with Crippen LogP contribution in [0.15, 0.2) is 0 Å². The van der Waals surface area contributed by atoms with Crippen LogP contribution >= 0.6 is 0 Å². The number of carbonyl (C=O) groups is 1. The quantitative estimate of drug-likeness (QED) is 0.579. The molecule has 1 aromatic heterocycles. The largest absolute Gasteiger partial charge is 0.806 e. The van der Waals surface area contributed by atoms with Crippen LogP contribution in [0.25, 0.3) is 5.41 Å². The Morgan fingerprint density at radius 1 is 1.00 bits per heavy atom. The molecule has 0 aliphatic heterocycles. The van der Waals surface area contributed by atoms with Gasteiger partial charge < -0.3 is 5.41 Å². The normalized spacial score (nSPS) is 9.56. The molecule has 0 aliphatic carbocycles. The van der Waals surface area contributed by atoms with Crippen LogP contribution < -0.4 is 0 Å². The van der Waals surface area contributed by atoms with Crippen LogP contribution in [0.3, 0.4) is 0 Å². The number of hydrogen-bond acceptors (Lipinski definition) is 2. The molecular weight excluding hydrogens is 372 g/mol. The summed E-state index contributed by atoms with van der Waals surface area (Å²) in [6, 6.07) is 0. The summed E-state index contributed by atoms with van der Waals surface area (Å²) in [6.07, 6.45) is 0. The number of ketones is 1. The van der Waals surface area contributed by atoms with Gasteiger partial charge in [-0.2, -0.15) is 5.71 Å². The monoisotopic (exact) mass is 387 g/mol. The predicted octanol–water partition coefficient (Wildman–Crippen LogP) is 2.59. The third kappa shape index (κ3) is 2.65. The molecule has 0 N–H and O–H groups in total. The van der Waals surface area contributed by atoms with Crippen molar-refractivity contribution in [1.82, 2.24) is 4.98 Å². The molecule has 0 saturated carbocycles. The van der Waals surface area contributed by atoms with Gasteiger partial charge in [0.2, 0.25) is 0 Å². The average Bonchev–Trinajstić information content (AvgIpc) is 2.13. The van der Waals surface area contributed by atoms with E-state index in [9.17, 15) is 10.2 Å². The molecule has 1 rings (SSSR count). The fourth-order valence-corrected chi connectivity index (χ4v) is 1.61. The number of Topliss-reactive ketones (excluding diaryl/α,β-unsaturated/α-hetero) is 1. The Bertz CT molecular complexity index is 415. The van der Waals surface area contributed by atoms with E-state index in [0.717, 1.165) is 16.7 Å². The van der Waals surface area contributed by atoms with E-state index >= 15 is 0 Å². The molecule has 0 atom stereocenters. The molecule has 0 bridgehead atoms. The van der Waals surface area contributed by atoms with Gasteiger partial charge in [-0.05, 0) is 37.5 Å². The third-order valence-corrected chi connectivity index (χ3v) is 2.74. The second kappa shape index (κ2) is 5.49. The third-order valence-electron chi connectivity index (χ3n) is 2.74. The Balaban J connectivity index is 0.00000225. The molecule has 3 nitrogen and oxygen atoms in total. The van der Waals surface area contributed by atoms with Gasteiger partial charge in [0.15, 0.2) is 5.78 Å². The number of pyridine rings is 1. The maximum Gasteiger partial charge on any atom is 0.178 e. The Kier molecular flexibility index (Phi) is 5.21. The Morgan fingerprint density at radius 3 is 1.81 bits per heavy atom. The topological polar surface area (TPSA) is 52.3 Å². The van der Waals surface area contributed by atoms with Crippen LogP contribution in [0.4, 0.5) is 0 Å². The fraction of sp³-hybridized carbons (Fsp3) is 0.417. The number of aromatic nitrogens is 1.